The summed E-state index contributed by atoms with van der Waals surface area (Å²) >= 11 is 7.37. The molecule has 0 aliphatic heterocycles. The smallest absolute Gasteiger partial charge is 0.280 e. The number of carbonyl (C=O) groups is 1. The molecule has 1 amide bonds. The molecule has 1 aliphatic rings. The van der Waals surface area contributed by atoms with E-state index in [2.05, 4.69) is 32.2 Å². The molecule has 2 heterocycles. The minimum absolute atomic E-state index is 0.0412. The first-order chi connectivity index (χ1) is 18.2. The lowest BCUT2D eigenvalue weighted by Gasteiger charge is -2.34. The van der Waals surface area contributed by atoms with Gasteiger partial charge in [-0.05, 0) is 43.2 Å². The number of carbonyl (C=O) groups excluding carboxylic acids is 1. The Morgan fingerprint density at radius 1 is 1.13 bits per heavy atom. The Balaban J connectivity index is 1.56. The predicted octanol–water partition coefficient (Wildman–Crippen LogP) is 6.05. The molecule has 0 saturated heterocycles. The van der Waals surface area contributed by atoms with Gasteiger partial charge in [0.05, 0.1) is 33.1 Å². The number of nitrogens with zero attached hydrogens (tertiary/aromatic N) is 4. The third kappa shape index (κ3) is 5.23. The fraction of sp³-hybridized carbons (Fsp3) is 0.333. The van der Waals surface area contributed by atoms with Crippen molar-refractivity contribution in [2.45, 2.75) is 38.1 Å². The second-order valence-electron chi connectivity index (χ2n) is 9.70. The molecule has 1 aliphatic carbocycles. The second kappa shape index (κ2) is 10.7. The maximum absolute atomic E-state index is 13.6. The zero-order valence-electron chi connectivity index (χ0n) is 21.3. The molecule has 1 fully saturated rings. The highest BCUT2D eigenvalue weighted by molar-refractivity contribution is 7.14. The van der Waals surface area contributed by atoms with E-state index in [1.807, 2.05) is 17.5 Å². The summed E-state index contributed by atoms with van der Waals surface area (Å²) < 4.78 is 13.6. The summed E-state index contributed by atoms with van der Waals surface area (Å²) in [6, 6.07) is 8.61. The van der Waals surface area contributed by atoms with Crippen LogP contribution in [0.15, 0.2) is 40.5 Å². The van der Waals surface area contributed by atoms with Gasteiger partial charge in [-0.15, -0.1) is 11.3 Å². The molecule has 198 valence electrons. The topological polar surface area (TPSA) is 94.2 Å². The summed E-state index contributed by atoms with van der Waals surface area (Å²) in [7, 11) is 5.24. The molecule has 0 spiro atoms. The molecule has 4 aromatic rings. The minimum atomic E-state index is -0.541. The zero-order valence-corrected chi connectivity index (χ0v) is 22.9. The summed E-state index contributed by atoms with van der Waals surface area (Å²) in [6.45, 7) is 0. The Morgan fingerprint density at radius 3 is 2.61 bits per heavy atom. The average Bonchev–Trinajstić information content (AvgIpc) is 3.37. The van der Waals surface area contributed by atoms with E-state index in [9.17, 15) is 14.0 Å². The van der Waals surface area contributed by atoms with Crippen molar-refractivity contribution < 1.29 is 9.18 Å². The number of aromatic amines is 1. The largest absolute Gasteiger partial charge is 0.370 e. The highest BCUT2D eigenvalue weighted by atomic mass is 35.5. The van der Waals surface area contributed by atoms with Gasteiger partial charge < -0.3 is 20.1 Å². The maximum Gasteiger partial charge on any atom is 0.280 e. The molecule has 38 heavy (non-hydrogen) atoms. The molecular formula is C27H28ClFN6O2S. The number of nitrogens with one attached hydrogen (secondary N) is 2. The van der Waals surface area contributed by atoms with Crippen LogP contribution in [0.25, 0.3) is 22.3 Å². The van der Waals surface area contributed by atoms with Crippen LogP contribution in [0, 0.1) is 5.82 Å². The van der Waals surface area contributed by atoms with Gasteiger partial charge in [0.25, 0.3) is 11.5 Å². The number of benzene rings is 2. The lowest BCUT2D eigenvalue weighted by molar-refractivity contribution is 0.0820. The van der Waals surface area contributed by atoms with Crippen LogP contribution < -0.4 is 15.8 Å². The molecule has 11 heteroatoms. The third-order valence-electron chi connectivity index (χ3n) is 6.88. The van der Waals surface area contributed by atoms with Gasteiger partial charge in [0.2, 0.25) is 0 Å². The molecule has 0 atom stereocenters. The number of thiazole rings is 1. The third-order valence-corrected chi connectivity index (χ3v) is 7.93. The number of halogens is 2. The van der Waals surface area contributed by atoms with E-state index in [1.165, 1.54) is 41.6 Å². The number of aromatic nitrogens is 3. The second-order valence-corrected chi connectivity index (χ2v) is 11.0. The lowest BCUT2D eigenvalue weighted by Crippen LogP contribution is -2.34. The van der Waals surface area contributed by atoms with Gasteiger partial charge in [-0.1, -0.05) is 30.9 Å². The van der Waals surface area contributed by atoms with E-state index in [0.29, 0.717) is 33.5 Å². The Morgan fingerprint density at radius 2 is 1.89 bits per heavy atom. The molecule has 2 N–H and O–H groups in total. The number of hydrogen-bond donors (Lipinski definition) is 2. The quantitative estimate of drug-likeness (QED) is 0.301. The summed E-state index contributed by atoms with van der Waals surface area (Å²) in [5, 5.41) is 5.96. The predicted molar refractivity (Wildman–Crippen MR) is 151 cm³/mol. The number of amides is 1. The van der Waals surface area contributed by atoms with E-state index in [4.69, 9.17) is 11.6 Å². The van der Waals surface area contributed by atoms with Crippen LogP contribution in [-0.4, -0.2) is 52.9 Å². The van der Waals surface area contributed by atoms with Gasteiger partial charge >= 0.3 is 0 Å². The fourth-order valence-electron chi connectivity index (χ4n) is 4.77. The SMILES string of the molecule is CN(C)C(=O)c1nc2cc(N(C)C3CCCCC3)c(Nc3nc(-c4ccc(F)c(Cl)c4)cs3)cc2[nH]c1=O. The standard InChI is InChI=1S/C27H28ClFN6O2S/c1-34(2)26(37)24-25(36)31-19-12-21(23(13-20(19)30-24)35(3)16-7-5-4-6-8-16)32-27-33-22(14-38-27)15-9-10-18(29)17(28)11-15/h9-14,16H,4-8H2,1-3H3,(H,31,36)(H,32,33). The van der Waals surface area contributed by atoms with Crippen LogP contribution in [0.3, 0.4) is 0 Å². The van der Waals surface area contributed by atoms with Gasteiger partial charge in [-0.25, -0.2) is 14.4 Å². The van der Waals surface area contributed by atoms with E-state index >= 15 is 0 Å². The molecule has 0 bridgehead atoms. The van der Waals surface area contributed by atoms with Crippen molar-refractivity contribution in [2.75, 3.05) is 31.4 Å². The fourth-order valence-corrected chi connectivity index (χ4v) is 5.68. The number of hydrogen-bond acceptors (Lipinski definition) is 7. The highest BCUT2D eigenvalue weighted by Crippen LogP contribution is 2.37. The van der Waals surface area contributed by atoms with Crippen LogP contribution in [-0.2, 0) is 0 Å². The van der Waals surface area contributed by atoms with E-state index in [0.717, 1.165) is 24.2 Å². The molecular weight excluding hydrogens is 527 g/mol. The van der Waals surface area contributed by atoms with Gasteiger partial charge in [0.15, 0.2) is 10.8 Å². The van der Waals surface area contributed by atoms with E-state index in [-0.39, 0.29) is 10.7 Å². The summed E-state index contributed by atoms with van der Waals surface area (Å²) in [5.41, 5.74) is 3.39. The summed E-state index contributed by atoms with van der Waals surface area (Å²) in [4.78, 5) is 40.7. The van der Waals surface area contributed by atoms with Crippen LogP contribution >= 0.6 is 22.9 Å². The molecule has 5 rings (SSSR count). The number of H-pyrrole nitrogens is 1. The summed E-state index contributed by atoms with van der Waals surface area (Å²) in [6.07, 6.45) is 5.76. The van der Waals surface area contributed by atoms with Crippen molar-refractivity contribution in [3.63, 3.8) is 0 Å². The normalized spacial score (nSPS) is 14.0. The van der Waals surface area contributed by atoms with E-state index in [1.54, 1.807) is 26.2 Å². The first-order valence-electron chi connectivity index (χ1n) is 12.4. The van der Waals surface area contributed by atoms with Gasteiger partial charge in [0.1, 0.15) is 5.82 Å². The van der Waals surface area contributed by atoms with Crippen LogP contribution in [0.1, 0.15) is 42.6 Å². The summed E-state index contributed by atoms with van der Waals surface area (Å²) in [5.74, 6) is -0.928. The Bertz CT molecular complexity index is 1560. The van der Waals surface area contributed by atoms with Crippen molar-refractivity contribution in [1.29, 1.82) is 0 Å². The maximum atomic E-state index is 13.6. The van der Waals surface area contributed by atoms with Gasteiger partial charge in [-0.3, -0.25) is 9.59 Å². The number of anilines is 3. The first-order valence-corrected chi connectivity index (χ1v) is 13.7. The van der Waals surface area contributed by atoms with Crippen molar-refractivity contribution in [1.82, 2.24) is 19.9 Å². The molecule has 2 aromatic heterocycles. The van der Waals surface area contributed by atoms with Crippen LogP contribution in [0.5, 0.6) is 0 Å². The molecule has 2 aromatic carbocycles. The van der Waals surface area contributed by atoms with Crippen LogP contribution in [0.4, 0.5) is 20.9 Å². The molecule has 0 unspecified atom stereocenters. The Labute approximate surface area is 228 Å². The van der Waals surface area contributed by atoms with Crippen molar-refractivity contribution in [3.8, 4) is 11.3 Å². The van der Waals surface area contributed by atoms with Crippen molar-refractivity contribution in [2.24, 2.45) is 0 Å². The monoisotopic (exact) mass is 554 g/mol. The number of fused-ring (bicyclic) bond motifs is 1. The van der Waals surface area contributed by atoms with Crippen molar-refractivity contribution >= 4 is 56.4 Å². The molecule has 8 nitrogen and oxygen atoms in total. The van der Waals surface area contributed by atoms with Gasteiger partial charge in [-0.2, -0.15) is 0 Å². The minimum Gasteiger partial charge on any atom is -0.370 e. The zero-order chi connectivity index (χ0) is 27.0. The van der Waals surface area contributed by atoms with Crippen LogP contribution in [0.2, 0.25) is 5.02 Å². The Hall–Kier alpha value is -3.50. The average molecular weight is 555 g/mol. The van der Waals surface area contributed by atoms with E-state index < -0.39 is 17.3 Å². The molecule has 0 radical (unpaired) electrons. The first kappa shape index (κ1) is 26.1. The Kier molecular flexibility index (Phi) is 7.36. The lowest BCUT2D eigenvalue weighted by atomic mass is 9.94. The highest BCUT2D eigenvalue weighted by Gasteiger charge is 2.23. The van der Waals surface area contributed by atoms with Gasteiger partial charge in [0, 0.05) is 38.1 Å². The van der Waals surface area contributed by atoms with Crippen molar-refractivity contribution in [3.05, 3.63) is 62.6 Å². The molecule has 1 saturated carbocycles. The number of rotatable bonds is 6.